The second-order valence-corrected chi connectivity index (χ2v) is 8.76. The summed E-state index contributed by atoms with van der Waals surface area (Å²) in [6.07, 6.45) is 4.46. The monoisotopic (exact) mass is 483 g/mol. The summed E-state index contributed by atoms with van der Waals surface area (Å²) in [5, 5.41) is 2.79. The van der Waals surface area contributed by atoms with Gasteiger partial charge in [0.1, 0.15) is 18.1 Å². The van der Waals surface area contributed by atoms with E-state index in [9.17, 15) is 14.4 Å². The van der Waals surface area contributed by atoms with Crippen molar-refractivity contribution in [2.75, 3.05) is 39.2 Å². The van der Waals surface area contributed by atoms with Crippen LogP contribution >= 0.6 is 0 Å². The molecule has 1 aliphatic heterocycles. The molecule has 10 nitrogen and oxygen atoms in total. The van der Waals surface area contributed by atoms with Gasteiger partial charge in [-0.2, -0.15) is 0 Å². The molecule has 0 bridgehead atoms. The third kappa shape index (κ3) is 6.33. The number of rotatable bonds is 4. The minimum absolute atomic E-state index is 0.0798. The Bertz CT molecular complexity index is 1050. The van der Waals surface area contributed by atoms with Crippen molar-refractivity contribution in [3.05, 3.63) is 48.0 Å². The maximum atomic E-state index is 13.4. The summed E-state index contributed by atoms with van der Waals surface area (Å²) in [5.74, 6) is -0.376. The molecule has 0 spiro atoms. The van der Waals surface area contributed by atoms with E-state index in [1.807, 2.05) is 13.8 Å². The molecular formula is C25H33N5O5. The lowest BCUT2D eigenvalue weighted by atomic mass is 10.0. The molecule has 0 aliphatic carbocycles. The number of carbonyl (C=O) groups excluding carboxylic acids is 3. The summed E-state index contributed by atoms with van der Waals surface area (Å²) in [5.41, 5.74) is 1.13. The van der Waals surface area contributed by atoms with Gasteiger partial charge in [-0.25, -0.2) is 4.98 Å². The third-order valence-corrected chi connectivity index (χ3v) is 6.09. The van der Waals surface area contributed by atoms with Crippen molar-refractivity contribution >= 4 is 23.4 Å². The smallest absolute Gasteiger partial charge is 0.274 e. The van der Waals surface area contributed by atoms with Crippen molar-refractivity contribution in [2.24, 2.45) is 5.92 Å². The van der Waals surface area contributed by atoms with E-state index in [1.54, 1.807) is 49.1 Å². The van der Waals surface area contributed by atoms with Crippen LogP contribution in [0.25, 0.3) is 0 Å². The zero-order valence-electron chi connectivity index (χ0n) is 20.9. The van der Waals surface area contributed by atoms with Gasteiger partial charge >= 0.3 is 0 Å². The Balaban J connectivity index is 1.99. The highest BCUT2D eigenvalue weighted by atomic mass is 16.5. The van der Waals surface area contributed by atoms with Gasteiger partial charge in [0, 0.05) is 63.7 Å². The molecule has 0 saturated carbocycles. The van der Waals surface area contributed by atoms with Crippen LogP contribution in [0.3, 0.4) is 0 Å². The molecule has 1 N–H and O–H groups in total. The van der Waals surface area contributed by atoms with Crippen molar-refractivity contribution in [1.29, 1.82) is 0 Å². The van der Waals surface area contributed by atoms with Gasteiger partial charge in [0.05, 0.1) is 23.9 Å². The predicted molar refractivity (Wildman–Crippen MR) is 130 cm³/mol. The average molecular weight is 484 g/mol. The Kier molecular flexibility index (Phi) is 8.75. The summed E-state index contributed by atoms with van der Waals surface area (Å²) < 4.78 is 11.8. The van der Waals surface area contributed by atoms with E-state index in [-0.39, 0.29) is 48.1 Å². The van der Waals surface area contributed by atoms with Crippen LogP contribution < -0.4 is 10.1 Å². The zero-order chi connectivity index (χ0) is 25.5. The molecule has 1 aromatic carbocycles. The second-order valence-electron chi connectivity index (χ2n) is 8.76. The zero-order valence-corrected chi connectivity index (χ0v) is 20.9. The molecule has 1 aliphatic rings. The molecule has 188 valence electrons. The van der Waals surface area contributed by atoms with Crippen LogP contribution in [0.4, 0.5) is 5.69 Å². The normalized spacial score (nSPS) is 21.3. The van der Waals surface area contributed by atoms with Crippen molar-refractivity contribution in [2.45, 2.75) is 39.3 Å². The van der Waals surface area contributed by atoms with Crippen LogP contribution in [0.1, 0.15) is 48.0 Å². The molecule has 0 fully saturated rings. The van der Waals surface area contributed by atoms with Crippen LogP contribution in [0.15, 0.2) is 36.8 Å². The van der Waals surface area contributed by atoms with E-state index in [0.29, 0.717) is 36.5 Å². The summed E-state index contributed by atoms with van der Waals surface area (Å²) >= 11 is 0. The quantitative estimate of drug-likeness (QED) is 0.711. The Morgan fingerprint density at radius 3 is 2.66 bits per heavy atom. The molecular weight excluding hydrogens is 450 g/mol. The lowest BCUT2D eigenvalue weighted by Crippen LogP contribution is -2.48. The first-order valence-corrected chi connectivity index (χ1v) is 11.7. The third-order valence-electron chi connectivity index (χ3n) is 6.09. The number of aromatic nitrogens is 2. The molecule has 10 heteroatoms. The van der Waals surface area contributed by atoms with Crippen LogP contribution in [0, 0.1) is 5.92 Å². The summed E-state index contributed by atoms with van der Waals surface area (Å²) in [4.78, 5) is 50.0. The van der Waals surface area contributed by atoms with Gasteiger partial charge in [-0.15, -0.1) is 0 Å². The number of hydrogen-bond donors (Lipinski definition) is 1. The Morgan fingerprint density at radius 1 is 1.23 bits per heavy atom. The van der Waals surface area contributed by atoms with E-state index < -0.39 is 0 Å². The van der Waals surface area contributed by atoms with Crippen LogP contribution in [0.2, 0.25) is 0 Å². The van der Waals surface area contributed by atoms with Gasteiger partial charge in [-0.1, -0.05) is 13.8 Å². The topological polar surface area (TPSA) is 114 Å². The van der Waals surface area contributed by atoms with E-state index in [1.165, 1.54) is 18.6 Å². The highest BCUT2D eigenvalue weighted by Gasteiger charge is 2.31. The molecule has 3 atom stereocenters. The Morgan fingerprint density at radius 2 is 2.00 bits per heavy atom. The molecule has 35 heavy (non-hydrogen) atoms. The van der Waals surface area contributed by atoms with Gasteiger partial charge in [-0.05, 0) is 19.1 Å². The van der Waals surface area contributed by atoms with Crippen LogP contribution in [-0.4, -0.2) is 83.5 Å². The molecule has 0 radical (unpaired) electrons. The molecule has 2 aromatic rings. The number of nitrogens with one attached hydrogen (secondary N) is 1. The molecule has 0 saturated heterocycles. The minimum Gasteiger partial charge on any atom is -0.491 e. The number of nitrogens with zero attached hydrogens (tertiary/aromatic N) is 4. The Labute approximate surface area is 205 Å². The number of anilines is 1. The van der Waals surface area contributed by atoms with E-state index >= 15 is 0 Å². The number of methoxy groups -OCH3 is 1. The van der Waals surface area contributed by atoms with E-state index in [4.69, 9.17) is 9.47 Å². The number of carbonyl (C=O) groups is 3. The van der Waals surface area contributed by atoms with Gasteiger partial charge in [0.15, 0.2) is 0 Å². The first-order chi connectivity index (χ1) is 16.7. The lowest BCUT2D eigenvalue weighted by Gasteiger charge is -2.35. The maximum absolute atomic E-state index is 13.4. The fraction of sp³-hybridized carbons (Fsp3) is 0.480. The molecule has 3 rings (SSSR count). The highest BCUT2D eigenvalue weighted by molar-refractivity contribution is 5.98. The second kappa shape index (κ2) is 11.7. The van der Waals surface area contributed by atoms with E-state index in [2.05, 4.69) is 15.3 Å². The Hall–Kier alpha value is -3.53. The first-order valence-electron chi connectivity index (χ1n) is 11.7. The largest absolute Gasteiger partial charge is 0.491 e. The number of ether oxygens (including phenoxy) is 2. The molecule has 1 aromatic heterocycles. The molecule has 0 unspecified atom stereocenters. The lowest BCUT2D eigenvalue weighted by molar-refractivity contribution is -0.115. The fourth-order valence-corrected chi connectivity index (χ4v) is 3.94. The summed E-state index contributed by atoms with van der Waals surface area (Å²) in [7, 11) is 3.30. The highest BCUT2D eigenvalue weighted by Crippen LogP contribution is 2.27. The van der Waals surface area contributed by atoms with Crippen molar-refractivity contribution in [1.82, 2.24) is 19.8 Å². The fourth-order valence-electron chi connectivity index (χ4n) is 3.94. The summed E-state index contributed by atoms with van der Waals surface area (Å²) in [6.45, 7) is 6.46. The summed E-state index contributed by atoms with van der Waals surface area (Å²) in [6, 6.07) is 4.61. The standard InChI is InChI=1S/C25H33N5O5/c1-6-23(31)28-18-7-8-19-21(11-18)35-15-17(3)30(25(33)20-12-26-9-10-27-20)13-16(2)22(34-5)14-29(4)24(19)32/h7-12,16-17,22H,6,13-15H2,1-5H3,(H,28,31)/t16-,17-,22-/m1/s1. The van der Waals surface area contributed by atoms with Crippen molar-refractivity contribution in [3.63, 3.8) is 0 Å². The average Bonchev–Trinajstić information content (AvgIpc) is 2.87. The number of amides is 3. The number of likely N-dealkylation sites (N-methyl/N-ethyl adjacent to an activating group) is 1. The van der Waals surface area contributed by atoms with Crippen molar-refractivity contribution < 1.29 is 23.9 Å². The van der Waals surface area contributed by atoms with Gasteiger partial charge < -0.3 is 24.6 Å². The number of fused-ring (bicyclic) bond motifs is 1. The number of benzene rings is 1. The van der Waals surface area contributed by atoms with Crippen molar-refractivity contribution in [3.8, 4) is 5.75 Å². The van der Waals surface area contributed by atoms with Crippen LogP contribution in [0.5, 0.6) is 5.75 Å². The first kappa shape index (κ1) is 26.1. The SMILES string of the molecule is CCC(=O)Nc1ccc2c(c1)OC[C@@H](C)N(C(=O)c1cnccn1)C[C@@H](C)[C@H](OC)CN(C)C2=O. The molecule has 3 amide bonds. The van der Waals surface area contributed by atoms with Gasteiger partial charge in [0.2, 0.25) is 5.91 Å². The minimum atomic E-state index is -0.349. The van der Waals surface area contributed by atoms with Gasteiger partial charge in [0.25, 0.3) is 11.8 Å². The predicted octanol–water partition coefficient (Wildman–Crippen LogP) is 2.47. The van der Waals surface area contributed by atoms with Gasteiger partial charge in [-0.3, -0.25) is 19.4 Å². The molecule has 2 heterocycles. The maximum Gasteiger partial charge on any atom is 0.274 e. The van der Waals surface area contributed by atoms with Crippen LogP contribution in [-0.2, 0) is 9.53 Å². The van der Waals surface area contributed by atoms with E-state index in [0.717, 1.165) is 0 Å². The number of hydrogen-bond acceptors (Lipinski definition) is 7.